The molecule has 1 heterocycles. The third-order valence-electron chi connectivity index (χ3n) is 4.59. The van der Waals surface area contributed by atoms with E-state index in [0.717, 1.165) is 11.1 Å². The number of ether oxygens (including phenoxy) is 3. The molecule has 0 saturated heterocycles. The van der Waals surface area contributed by atoms with Gasteiger partial charge >= 0.3 is 0 Å². The predicted molar refractivity (Wildman–Crippen MR) is 124 cm³/mol. The van der Waals surface area contributed by atoms with Crippen LogP contribution >= 0.6 is 0 Å². The van der Waals surface area contributed by atoms with Crippen molar-refractivity contribution in [3.8, 4) is 17.2 Å². The van der Waals surface area contributed by atoms with Crippen LogP contribution in [-0.2, 0) is 6.54 Å². The summed E-state index contributed by atoms with van der Waals surface area (Å²) in [5, 5.41) is 4.05. The Bertz CT molecular complexity index is 1180. The van der Waals surface area contributed by atoms with Crippen LogP contribution in [0.1, 0.15) is 34.2 Å². The molecule has 10 nitrogen and oxygen atoms in total. The molecule has 3 aromatic rings. The predicted octanol–water partition coefficient (Wildman–Crippen LogP) is 2.19. The second kappa shape index (κ2) is 12.0. The number of para-hydroxylation sites is 1. The summed E-state index contributed by atoms with van der Waals surface area (Å²) in [6.07, 6.45) is 0.832. The third kappa shape index (κ3) is 6.58. The molecule has 0 radical (unpaired) electrons. The largest absolute Gasteiger partial charge is 0.493 e. The van der Waals surface area contributed by atoms with Gasteiger partial charge in [0, 0.05) is 11.6 Å². The van der Waals surface area contributed by atoms with E-state index in [-0.39, 0.29) is 30.0 Å². The molecule has 0 fully saturated rings. The number of methoxy groups -OCH3 is 1. The summed E-state index contributed by atoms with van der Waals surface area (Å²) in [4.78, 5) is 37.0. The quantitative estimate of drug-likeness (QED) is 0.440. The third-order valence-corrected chi connectivity index (χ3v) is 4.59. The van der Waals surface area contributed by atoms with E-state index in [9.17, 15) is 14.4 Å². The highest BCUT2D eigenvalue weighted by molar-refractivity contribution is 5.98. The minimum Gasteiger partial charge on any atom is -0.493 e. The van der Waals surface area contributed by atoms with Crippen molar-refractivity contribution >= 4 is 11.8 Å². The molecule has 2 aromatic carbocycles. The summed E-state index contributed by atoms with van der Waals surface area (Å²) in [6, 6.07) is 16.3. The first-order chi connectivity index (χ1) is 16.5. The van der Waals surface area contributed by atoms with Crippen LogP contribution < -0.4 is 30.6 Å². The van der Waals surface area contributed by atoms with E-state index in [1.165, 1.54) is 25.3 Å². The summed E-state index contributed by atoms with van der Waals surface area (Å²) in [5.74, 6) is 0.347. The first kappa shape index (κ1) is 24.3. The van der Waals surface area contributed by atoms with Crippen molar-refractivity contribution in [2.45, 2.75) is 19.9 Å². The Balaban J connectivity index is 1.58. The molecule has 0 atom stereocenters. The number of aromatic nitrogens is 2. The summed E-state index contributed by atoms with van der Waals surface area (Å²) < 4.78 is 17.5. The molecule has 178 valence electrons. The van der Waals surface area contributed by atoms with Gasteiger partial charge in [0.25, 0.3) is 17.4 Å². The van der Waals surface area contributed by atoms with Crippen LogP contribution in [0.2, 0.25) is 0 Å². The number of hydrogen-bond acceptors (Lipinski definition) is 7. The van der Waals surface area contributed by atoms with Gasteiger partial charge in [0.15, 0.2) is 17.2 Å². The monoisotopic (exact) mass is 466 g/mol. The molecular weight excluding hydrogens is 440 g/mol. The lowest BCUT2D eigenvalue weighted by atomic mass is 10.2. The number of benzene rings is 2. The standard InChI is InChI=1S/C24H26N4O6/c1-3-14-34-20-11-9-17(16-21(20)32-2)23(30)25-26-24(31)19-10-12-22(29)28(27-19)13-15-33-18-7-5-4-6-8-18/h4-12,16H,3,13-15H2,1-2H3,(H,25,30)(H,26,31). The first-order valence-electron chi connectivity index (χ1n) is 10.7. The number of rotatable bonds is 10. The molecule has 3 rings (SSSR count). The minimum atomic E-state index is -0.680. The molecule has 0 saturated carbocycles. The highest BCUT2D eigenvalue weighted by Crippen LogP contribution is 2.28. The molecule has 1 aromatic heterocycles. The Labute approximate surface area is 196 Å². The molecular formula is C24H26N4O6. The SMILES string of the molecule is CCCOc1ccc(C(=O)NNC(=O)c2ccc(=O)n(CCOc3ccccc3)n2)cc1OC. The fourth-order valence-electron chi connectivity index (χ4n) is 2.89. The number of hydrazine groups is 1. The van der Waals surface area contributed by atoms with Gasteiger partial charge in [-0.15, -0.1) is 0 Å². The van der Waals surface area contributed by atoms with Gasteiger partial charge in [-0.1, -0.05) is 25.1 Å². The average Bonchev–Trinajstić information content (AvgIpc) is 2.87. The van der Waals surface area contributed by atoms with Gasteiger partial charge in [0.1, 0.15) is 12.4 Å². The maximum Gasteiger partial charge on any atom is 0.290 e. The summed E-state index contributed by atoms with van der Waals surface area (Å²) in [5.41, 5.74) is 4.46. The number of hydrogen-bond donors (Lipinski definition) is 2. The zero-order chi connectivity index (χ0) is 24.3. The molecule has 2 N–H and O–H groups in total. The van der Waals surface area contributed by atoms with Crippen molar-refractivity contribution in [2.75, 3.05) is 20.3 Å². The number of carbonyl (C=O) groups excluding carboxylic acids is 2. The number of carbonyl (C=O) groups is 2. The summed E-state index contributed by atoms with van der Waals surface area (Å²) >= 11 is 0. The zero-order valence-corrected chi connectivity index (χ0v) is 18.9. The Morgan fingerprint density at radius 2 is 1.68 bits per heavy atom. The Kier molecular flexibility index (Phi) is 8.61. The van der Waals surface area contributed by atoms with Crippen molar-refractivity contribution in [1.29, 1.82) is 0 Å². The van der Waals surface area contributed by atoms with Crippen molar-refractivity contribution in [2.24, 2.45) is 0 Å². The molecule has 0 aliphatic heterocycles. The second-order valence-electron chi connectivity index (χ2n) is 7.06. The van der Waals surface area contributed by atoms with Gasteiger partial charge in [-0.2, -0.15) is 5.10 Å². The Hall–Kier alpha value is -4.34. The van der Waals surface area contributed by atoms with E-state index >= 15 is 0 Å². The van der Waals surface area contributed by atoms with Crippen molar-refractivity contribution in [1.82, 2.24) is 20.6 Å². The number of nitrogens with zero attached hydrogens (tertiary/aromatic N) is 2. The number of nitrogens with one attached hydrogen (secondary N) is 2. The van der Waals surface area contributed by atoms with Crippen LogP contribution in [0.15, 0.2) is 65.5 Å². The van der Waals surface area contributed by atoms with Crippen LogP contribution in [0.4, 0.5) is 0 Å². The first-order valence-corrected chi connectivity index (χ1v) is 10.7. The van der Waals surface area contributed by atoms with Crippen molar-refractivity contribution < 1.29 is 23.8 Å². The van der Waals surface area contributed by atoms with Crippen LogP contribution in [0.5, 0.6) is 17.2 Å². The van der Waals surface area contributed by atoms with Gasteiger partial charge in [0.2, 0.25) is 0 Å². The van der Waals surface area contributed by atoms with E-state index in [4.69, 9.17) is 14.2 Å². The lowest BCUT2D eigenvalue weighted by Crippen LogP contribution is -2.42. The highest BCUT2D eigenvalue weighted by Gasteiger charge is 2.14. The number of amides is 2. The maximum atomic E-state index is 12.5. The van der Waals surface area contributed by atoms with Crippen molar-refractivity contribution in [3.05, 3.63) is 82.3 Å². The summed E-state index contributed by atoms with van der Waals surface area (Å²) in [7, 11) is 1.48. The normalized spacial score (nSPS) is 10.3. The topological polar surface area (TPSA) is 121 Å². The molecule has 0 spiro atoms. The van der Waals surface area contributed by atoms with E-state index < -0.39 is 11.8 Å². The Morgan fingerprint density at radius 3 is 2.41 bits per heavy atom. The lowest BCUT2D eigenvalue weighted by molar-refractivity contribution is 0.0842. The molecule has 0 aliphatic rings. The zero-order valence-electron chi connectivity index (χ0n) is 18.9. The minimum absolute atomic E-state index is 0.0412. The van der Waals surface area contributed by atoms with Gasteiger partial charge in [-0.05, 0) is 42.8 Å². The van der Waals surface area contributed by atoms with Crippen LogP contribution in [-0.4, -0.2) is 41.9 Å². The maximum absolute atomic E-state index is 12.5. The van der Waals surface area contributed by atoms with Gasteiger partial charge in [0.05, 0.1) is 20.3 Å². The highest BCUT2D eigenvalue weighted by atomic mass is 16.5. The Morgan fingerprint density at radius 1 is 0.912 bits per heavy atom. The smallest absolute Gasteiger partial charge is 0.290 e. The van der Waals surface area contributed by atoms with Gasteiger partial charge in [-0.25, -0.2) is 4.68 Å². The molecule has 10 heteroatoms. The van der Waals surface area contributed by atoms with E-state index in [1.54, 1.807) is 24.3 Å². The van der Waals surface area contributed by atoms with Crippen molar-refractivity contribution in [3.63, 3.8) is 0 Å². The van der Waals surface area contributed by atoms with Crippen LogP contribution in [0.3, 0.4) is 0 Å². The van der Waals surface area contributed by atoms with Gasteiger partial charge < -0.3 is 14.2 Å². The average molecular weight is 466 g/mol. The fourth-order valence-corrected chi connectivity index (χ4v) is 2.89. The fraction of sp³-hybridized carbons (Fsp3) is 0.250. The summed E-state index contributed by atoms with van der Waals surface area (Å²) in [6.45, 7) is 2.84. The lowest BCUT2D eigenvalue weighted by Gasteiger charge is -2.12. The molecule has 0 unspecified atom stereocenters. The molecule has 34 heavy (non-hydrogen) atoms. The van der Waals surface area contributed by atoms with E-state index in [2.05, 4.69) is 16.0 Å². The second-order valence-corrected chi connectivity index (χ2v) is 7.06. The van der Waals surface area contributed by atoms with Crippen LogP contribution in [0, 0.1) is 0 Å². The molecule has 0 bridgehead atoms. The van der Waals surface area contributed by atoms with Crippen LogP contribution in [0.25, 0.3) is 0 Å². The van der Waals surface area contributed by atoms with Gasteiger partial charge in [-0.3, -0.25) is 25.2 Å². The molecule has 0 aliphatic carbocycles. The van der Waals surface area contributed by atoms with E-state index in [1.807, 2.05) is 25.1 Å². The molecule has 2 amide bonds. The van der Waals surface area contributed by atoms with E-state index in [0.29, 0.717) is 23.9 Å².